The number of aryl methyl sites for hydroxylation is 2. The molecule has 0 bridgehead atoms. The summed E-state index contributed by atoms with van der Waals surface area (Å²) in [6.07, 6.45) is 1.93. The Labute approximate surface area is 210 Å². The van der Waals surface area contributed by atoms with E-state index in [1.54, 1.807) is 26.0 Å². The second-order valence-corrected chi connectivity index (χ2v) is 10.5. The van der Waals surface area contributed by atoms with E-state index < -0.39 is 10.0 Å². The Hall–Kier alpha value is -3.91. The predicted octanol–water partition coefficient (Wildman–Crippen LogP) is 6.11. The molecule has 7 nitrogen and oxygen atoms in total. The van der Waals surface area contributed by atoms with Crippen molar-refractivity contribution in [2.45, 2.75) is 45.1 Å². The van der Waals surface area contributed by atoms with Gasteiger partial charge in [0.15, 0.2) is 0 Å². The number of sulfonamides is 1. The van der Waals surface area contributed by atoms with Gasteiger partial charge in [-0.05, 0) is 49.6 Å². The largest absolute Gasteiger partial charge is 0.337 e. The van der Waals surface area contributed by atoms with E-state index in [0.717, 1.165) is 40.8 Å². The van der Waals surface area contributed by atoms with Crippen LogP contribution in [0.3, 0.4) is 0 Å². The van der Waals surface area contributed by atoms with Gasteiger partial charge in [-0.25, -0.2) is 18.1 Å². The number of fused-ring (bicyclic) bond motifs is 1. The van der Waals surface area contributed by atoms with Crippen LogP contribution in [0.5, 0.6) is 0 Å². The summed E-state index contributed by atoms with van der Waals surface area (Å²) in [5.74, 6) is 1.20. The van der Waals surface area contributed by atoms with Crippen molar-refractivity contribution in [2.75, 3.05) is 4.72 Å². The zero-order valence-corrected chi connectivity index (χ0v) is 21.3. The van der Waals surface area contributed by atoms with Crippen molar-refractivity contribution in [1.82, 2.24) is 14.7 Å². The zero-order valence-electron chi connectivity index (χ0n) is 20.5. The summed E-state index contributed by atoms with van der Waals surface area (Å²) in [7, 11) is -3.88. The number of nitrogens with zero attached hydrogens (tertiary/aromatic N) is 3. The van der Waals surface area contributed by atoms with Gasteiger partial charge in [0.05, 0.1) is 21.6 Å². The third-order valence-corrected chi connectivity index (χ3v) is 7.76. The van der Waals surface area contributed by atoms with E-state index in [4.69, 9.17) is 9.51 Å². The Balaban J connectivity index is 1.45. The topological polar surface area (TPSA) is 90.0 Å². The molecule has 3 aromatic carbocycles. The normalized spacial score (nSPS) is 11.8. The van der Waals surface area contributed by atoms with E-state index in [1.807, 2.05) is 54.6 Å². The number of nitrogens with one attached hydrogen (secondary N) is 1. The molecule has 0 spiro atoms. The molecule has 0 amide bonds. The van der Waals surface area contributed by atoms with Crippen LogP contribution in [-0.2, 0) is 23.0 Å². The number of anilines is 1. The number of hydrogen-bond donors (Lipinski definition) is 1. The Morgan fingerprint density at radius 2 is 1.67 bits per heavy atom. The Bertz CT molecular complexity index is 1630. The molecule has 0 atom stereocenters. The van der Waals surface area contributed by atoms with Crippen LogP contribution >= 0.6 is 0 Å². The minimum atomic E-state index is -3.88. The Morgan fingerprint density at radius 1 is 0.944 bits per heavy atom. The summed E-state index contributed by atoms with van der Waals surface area (Å²) < 4.78 is 36.5. The molecule has 0 aliphatic carbocycles. The van der Waals surface area contributed by atoms with Crippen molar-refractivity contribution < 1.29 is 12.9 Å². The summed E-state index contributed by atoms with van der Waals surface area (Å²) >= 11 is 0. The van der Waals surface area contributed by atoms with Crippen LogP contribution in [0.1, 0.15) is 36.0 Å². The van der Waals surface area contributed by atoms with Crippen LogP contribution in [0.2, 0.25) is 0 Å². The van der Waals surface area contributed by atoms with Gasteiger partial charge in [0.2, 0.25) is 5.88 Å². The van der Waals surface area contributed by atoms with Crippen LogP contribution in [0.25, 0.3) is 22.2 Å². The number of imidazole rings is 1. The third-order valence-electron chi connectivity index (χ3n) is 6.37. The molecule has 2 heterocycles. The highest BCUT2D eigenvalue weighted by Gasteiger charge is 2.22. The monoisotopic (exact) mass is 500 g/mol. The number of benzene rings is 3. The van der Waals surface area contributed by atoms with Crippen LogP contribution in [-0.4, -0.2) is 23.1 Å². The molecule has 0 aliphatic rings. The van der Waals surface area contributed by atoms with E-state index in [2.05, 4.69) is 27.4 Å². The summed E-state index contributed by atoms with van der Waals surface area (Å²) in [5, 5.41) is 3.84. The summed E-state index contributed by atoms with van der Waals surface area (Å²) in [4.78, 5) is 5.00. The summed E-state index contributed by atoms with van der Waals surface area (Å²) in [5.41, 5.74) is 5.97. The molecule has 2 aromatic heterocycles. The standard InChI is InChI=1S/C28H28N4O3S/c1-4-9-27-29-24-11-6-7-12-25(24)32(27)18-21-14-16-22(17-15-21)23-10-5-8-13-26(23)36(33,34)31-28-19(2)20(3)30-35-28/h5-8,10-17,31H,4,9,18H2,1-3H3. The highest BCUT2D eigenvalue weighted by Crippen LogP contribution is 2.30. The first-order valence-electron chi connectivity index (χ1n) is 12.0. The van der Waals surface area contributed by atoms with Gasteiger partial charge < -0.3 is 9.09 Å². The fourth-order valence-corrected chi connectivity index (χ4v) is 5.59. The third kappa shape index (κ3) is 4.52. The van der Waals surface area contributed by atoms with Crippen molar-refractivity contribution in [1.29, 1.82) is 0 Å². The molecule has 0 saturated heterocycles. The quantitative estimate of drug-likeness (QED) is 0.278. The molecule has 0 fully saturated rings. The molecule has 0 unspecified atom stereocenters. The number of hydrogen-bond acceptors (Lipinski definition) is 5. The number of rotatable bonds is 8. The molecule has 5 aromatic rings. The van der Waals surface area contributed by atoms with E-state index in [0.29, 0.717) is 23.4 Å². The molecular weight excluding hydrogens is 472 g/mol. The van der Waals surface area contributed by atoms with Gasteiger partial charge in [-0.3, -0.25) is 0 Å². The van der Waals surface area contributed by atoms with Gasteiger partial charge in [-0.15, -0.1) is 0 Å². The first-order chi connectivity index (χ1) is 17.4. The van der Waals surface area contributed by atoms with Crippen molar-refractivity contribution in [3.63, 3.8) is 0 Å². The summed E-state index contributed by atoms with van der Waals surface area (Å²) in [6, 6.07) is 23.2. The first-order valence-corrected chi connectivity index (χ1v) is 13.4. The second kappa shape index (κ2) is 9.62. The van der Waals surface area contributed by atoms with E-state index in [9.17, 15) is 8.42 Å². The average Bonchev–Trinajstić information content (AvgIpc) is 3.39. The van der Waals surface area contributed by atoms with E-state index in [1.165, 1.54) is 0 Å². The Morgan fingerprint density at radius 3 is 2.39 bits per heavy atom. The van der Waals surface area contributed by atoms with Gasteiger partial charge in [-0.2, -0.15) is 0 Å². The van der Waals surface area contributed by atoms with Crippen molar-refractivity contribution in [3.8, 4) is 11.1 Å². The molecule has 0 radical (unpaired) electrons. The molecule has 0 saturated carbocycles. The molecular formula is C28H28N4O3S. The molecule has 184 valence electrons. The van der Waals surface area contributed by atoms with E-state index >= 15 is 0 Å². The maximum Gasteiger partial charge on any atom is 0.264 e. The van der Waals surface area contributed by atoms with E-state index in [-0.39, 0.29) is 10.8 Å². The molecule has 0 aliphatic heterocycles. The number of para-hydroxylation sites is 2. The second-order valence-electron chi connectivity index (χ2n) is 8.87. The van der Waals surface area contributed by atoms with Gasteiger partial charge in [0, 0.05) is 24.1 Å². The fraction of sp³-hybridized carbons (Fsp3) is 0.214. The van der Waals surface area contributed by atoms with Crippen LogP contribution < -0.4 is 4.72 Å². The van der Waals surface area contributed by atoms with Gasteiger partial charge in [0.25, 0.3) is 10.0 Å². The minimum Gasteiger partial charge on any atom is -0.337 e. The molecule has 5 rings (SSSR count). The smallest absolute Gasteiger partial charge is 0.264 e. The van der Waals surface area contributed by atoms with Crippen molar-refractivity contribution in [2.24, 2.45) is 0 Å². The maximum atomic E-state index is 13.3. The van der Waals surface area contributed by atoms with Crippen LogP contribution in [0.4, 0.5) is 5.88 Å². The highest BCUT2D eigenvalue weighted by molar-refractivity contribution is 7.92. The van der Waals surface area contributed by atoms with Crippen LogP contribution in [0.15, 0.2) is 82.2 Å². The molecule has 1 N–H and O–H groups in total. The lowest BCUT2D eigenvalue weighted by atomic mass is 10.0. The van der Waals surface area contributed by atoms with Gasteiger partial charge in [-0.1, -0.05) is 66.7 Å². The first kappa shape index (κ1) is 23.8. The lowest BCUT2D eigenvalue weighted by molar-refractivity contribution is 0.430. The number of aromatic nitrogens is 3. The van der Waals surface area contributed by atoms with Gasteiger partial charge >= 0.3 is 0 Å². The minimum absolute atomic E-state index is 0.132. The molecule has 36 heavy (non-hydrogen) atoms. The lowest BCUT2D eigenvalue weighted by Gasteiger charge is -2.13. The van der Waals surface area contributed by atoms with Gasteiger partial charge in [0.1, 0.15) is 5.82 Å². The van der Waals surface area contributed by atoms with Crippen molar-refractivity contribution >= 4 is 26.9 Å². The van der Waals surface area contributed by atoms with Crippen molar-refractivity contribution in [3.05, 3.63) is 95.4 Å². The molecule has 8 heteroatoms. The predicted molar refractivity (Wildman–Crippen MR) is 141 cm³/mol. The highest BCUT2D eigenvalue weighted by atomic mass is 32.2. The fourth-order valence-electron chi connectivity index (χ4n) is 4.32. The SMILES string of the molecule is CCCc1nc2ccccc2n1Cc1ccc(-c2ccccc2S(=O)(=O)Nc2onc(C)c2C)cc1. The average molecular weight is 501 g/mol. The van der Waals surface area contributed by atoms with Crippen LogP contribution in [0, 0.1) is 13.8 Å². The lowest BCUT2D eigenvalue weighted by Crippen LogP contribution is -2.14. The zero-order chi connectivity index (χ0) is 25.3. The summed E-state index contributed by atoms with van der Waals surface area (Å²) in [6.45, 7) is 6.39. The Kier molecular flexibility index (Phi) is 6.36. The maximum absolute atomic E-state index is 13.3.